The van der Waals surface area contributed by atoms with E-state index in [0.29, 0.717) is 24.9 Å². The zero-order chi connectivity index (χ0) is 18.9. The minimum Gasteiger partial charge on any atom is -0.372 e. The van der Waals surface area contributed by atoms with Gasteiger partial charge in [0, 0.05) is 24.9 Å². The lowest BCUT2D eigenvalue weighted by atomic mass is 10.3. The van der Waals surface area contributed by atoms with Crippen molar-refractivity contribution < 1.29 is 9.53 Å². The van der Waals surface area contributed by atoms with E-state index in [-0.39, 0.29) is 12.5 Å². The van der Waals surface area contributed by atoms with Gasteiger partial charge in [-0.3, -0.25) is 4.79 Å². The number of thioether (sulfide) groups is 1. The number of hydrogen-bond acceptors (Lipinski definition) is 7. The van der Waals surface area contributed by atoms with Gasteiger partial charge in [-0.25, -0.2) is 14.6 Å². The highest BCUT2D eigenvalue weighted by molar-refractivity contribution is 7.99. The average molecular weight is 381 g/mol. The standard InChI is InChI=1S/C17H28N6O2S/c1-5-7-19-15-13-10-20-23(9-8-18-14(24)11-25-6-2)16(13)22-17(21-15)26-12(3)4/h10,12H,5-9,11H2,1-4H3,(H,18,24)(H,19,21,22). The van der Waals surface area contributed by atoms with Gasteiger partial charge in [0.15, 0.2) is 10.8 Å². The number of ether oxygens (including phenoxy) is 1. The average Bonchev–Trinajstić information content (AvgIpc) is 3.00. The highest BCUT2D eigenvalue weighted by atomic mass is 32.2. The number of hydrogen-bond donors (Lipinski definition) is 2. The molecule has 0 aliphatic carbocycles. The maximum atomic E-state index is 11.6. The number of carbonyl (C=O) groups is 1. The van der Waals surface area contributed by atoms with Gasteiger partial charge in [0.2, 0.25) is 5.91 Å². The lowest BCUT2D eigenvalue weighted by Gasteiger charge is -2.10. The van der Waals surface area contributed by atoms with Gasteiger partial charge < -0.3 is 15.4 Å². The third kappa shape index (κ3) is 5.84. The fraction of sp³-hybridized carbons (Fsp3) is 0.647. The Morgan fingerprint density at radius 1 is 1.31 bits per heavy atom. The Labute approximate surface area is 158 Å². The first-order valence-corrected chi connectivity index (χ1v) is 9.91. The summed E-state index contributed by atoms with van der Waals surface area (Å²) in [4.78, 5) is 20.9. The summed E-state index contributed by atoms with van der Waals surface area (Å²) in [6.07, 6.45) is 2.79. The van der Waals surface area contributed by atoms with E-state index < -0.39 is 0 Å². The highest BCUT2D eigenvalue weighted by Gasteiger charge is 2.14. The van der Waals surface area contributed by atoms with Gasteiger partial charge in [-0.15, -0.1) is 0 Å². The van der Waals surface area contributed by atoms with E-state index in [1.165, 1.54) is 0 Å². The molecule has 0 aromatic carbocycles. The summed E-state index contributed by atoms with van der Waals surface area (Å²) in [7, 11) is 0. The van der Waals surface area contributed by atoms with Crippen molar-refractivity contribution in [3.8, 4) is 0 Å². The first-order chi connectivity index (χ1) is 12.5. The van der Waals surface area contributed by atoms with E-state index in [1.807, 2.05) is 6.92 Å². The van der Waals surface area contributed by atoms with Crippen LogP contribution in [0.5, 0.6) is 0 Å². The molecule has 0 aliphatic rings. The molecule has 144 valence electrons. The summed E-state index contributed by atoms with van der Waals surface area (Å²) in [5.41, 5.74) is 0.779. The molecule has 0 bridgehead atoms. The lowest BCUT2D eigenvalue weighted by Crippen LogP contribution is -2.30. The number of nitrogens with one attached hydrogen (secondary N) is 2. The number of anilines is 1. The van der Waals surface area contributed by atoms with Crippen molar-refractivity contribution in [2.24, 2.45) is 0 Å². The lowest BCUT2D eigenvalue weighted by molar-refractivity contribution is -0.125. The maximum absolute atomic E-state index is 11.6. The van der Waals surface area contributed by atoms with E-state index in [0.717, 1.165) is 35.0 Å². The summed E-state index contributed by atoms with van der Waals surface area (Å²) in [6, 6.07) is 0. The molecule has 2 aromatic heterocycles. The number of aromatic nitrogens is 4. The van der Waals surface area contributed by atoms with E-state index >= 15 is 0 Å². The molecule has 2 rings (SSSR count). The van der Waals surface area contributed by atoms with Gasteiger partial charge in [-0.05, 0) is 13.3 Å². The van der Waals surface area contributed by atoms with Gasteiger partial charge in [0.25, 0.3) is 0 Å². The van der Waals surface area contributed by atoms with Crippen LogP contribution in [0.25, 0.3) is 11.0 Å². The van der Waals surface area contributed by atoms with Gasteiger partial charge in [0.05, 0.1) is 18.1 Å². The van der Waals surface area contributed by atoms with E-state index in [1.54, 1.807) is 22.6 Å². The minimum atomic E-state index is -0.126. The van der Waals surface area contributed by atoms with Crippen molar-refractivity contribution >= 4 is 34.5 Å². The Bertz CT molecular complexity index is 719. The van der Waals surface area contributed by atoms with Crippen molar-refractivity contribution in [1.82, 2.24) is 25.1 Å². The zero-order valence-corrected chi connectivity index (χ0v) is 16.7. The van der Waals surface area contributed by atoms with Gasteiger partial charge in [-0.1, -0.05) is 32.5 Å². The van der Waals surface area contributed by atoms with Crippen LogP contribution in [-0.4, -0.2) is 57.2 Å². The van der Waals surface area contributed by atoms with Crippen molar-refractivity contribution in [1.29, 1.82) is 0 Å². The monoisotopic (exact) mass is 380 g/mol. The highest BCUT2D eigenvalue weighted by Crippen LogP contribution is 2.26. The topological polar surface area (TPSA) is 94.0 Å². The smallest absolute Gasteiger partial charge is 0.246 e. The molecule has 0 saturated heterocycles. The van der Waals surface area contributed by atoms with Crippen molar-refractivity contribution in [3.05, 3.63) is 6.20 Å². The van der Waals surface area contributed by atoms with E-state index in [9.17, 15) is 4.79 Å². The Morgan fingerprint density at radius 3 is 2.81 bits per heavy atom. The van der Waals surface area contributed by atoms with Crippen LogP contribution in [0.2, 0.25) is 0 Å². The maximum Gasteiger partial charge on any atom is 0.246 e. The second kappa shape index (κ2) is 10.3. The molecule has 0 atom stereocenters. The quantitative estimate of drug-likeness (QED) is 0.456. The van der Waals surface area contributed by atoms with Crippen LogP contribution in [0, 0.1) is 0 Å². The molecule has 0 saturated carbocycles. The number of carbonyl (C=O) groups excluding carboxylic acids is 1. The molecule has 1 amide bonds. The second-order valence-electron chi connectivity index (χ2n) is 6.04. The second-order valence-corrected chi connectivity index (χ2v) is 7.58. The molecule has 2 heterocycles. The minimum absolute atomic E-state index is 0.0821. The molecule has 9 heteroatoms. The van der Waals surface area contributed by atoms with Gasteiger partial charge in [-0.2, -0.15) is 5.10 Å². The SMILES string of the molecule is CCCNc1nc(SC(C)C)nc2c1cnn2CCNC(=O)COCC. The molecule has 26 heavy (non-hydrogen) atoms. The summed E-state index contributed by atoms with van der Waals surface area (Å²) < 4.78 is 6.90. The molecular weight excluding hydrogens is 352 g/mol. The van der Waals surface area contributed by atoms with Crippen LogP contribution >= 0.6 is 11.8 Å². The molecule has 8 nitrogen and oxygen atoms in total. The number of fused-ring (bicyclic) bond motifs is 1. The van der Waals surface area contributed by atoms with Crippen LogP contribution in [-0.2, 0) is 16.1 Å². The molecule has 2 N–H and O–H groups in total. The molecular formula is C17H28N6O2S. The number of nitrogens with zero attached hydrogens (tertiary/aromatic N) is 4. The Balaban J connectivity index is 2.15. The van der Waals surface area contributed by atoms with Crippen molar-refractivity contribution in [2.75, 3.05) is 31.6 Å². The summed E-state index contributed by atoms with van der Waals surface area (Å²) in [6.45, 7) is 10.7. The molecule has 2 aromatic rings. The summed E-state index contributed by atoms with van der Waals surface area (Å²) in [5, 5.41) is 12.6. The van der Waals surface area contributed by atoms with E-state index in [4.69, 9.17) is 4.74 Å². The van der Waals surface area contributed by atoms with E-state index in [2.05, 4.69) is 46.5 Å². The van der Waals surface area contributed by atoms with Crippen molar-refractivity contribution in [3.63, 3.8) is 0 Å². The Morgan fingerprint density at radius 2 is 2.12 bits per heavy atom. The predicted molar refractivity (Wildman–Crippen MR) is 105 cm³/mol. The molecule has 0 fully saturated rings. The fourth-order valence-electron chi connectivity index (χ4n) is 2.29. The first kappa shape index (κ1) is 20.4. The molecule has 0 unspecified atom stereocenters. The largest absolute Gasteiger partial charge is 0.372 e. The molecule has 0 spiro atoms. The number of amides is 1. The normalized spacial score (nSPS) is 11.3. The van der Waals surface area contributed by atoms with Crippen LogP contribution in [0.1, 0.15) is 34.1 Å². The van der Waals surface area contributed by atoms with Crippen LogP contribution in [0.3, 0.4) is 0 Å². The molecule has 0 aliphatic heterocycles. The zero-order valence-electron chi connectivity index (χ0n) is 15.9. The number of rotatable bonds is 11. The van der Waals surface area contributed by atoms with Gasteiger partial charge in [0.1, 0.15) is 12.4 Å². The summed E-state index contributed by atoms with van der Waals surface area (Å²) in [5.74, 6) is 0.686. The fourth-order valence-corrected chi connectivity index (χ4v) is 2.99. The van der Waals surface area contributed by atoms with Gasteiger partial charge >= 0.3 is 0 Å². The Hall–Kier alpha value is -1.87. The van der Waals surface area contributed by atoms with Crippen molar-refractivity contribution in [2.45, 2.75) is 51.1 Å². The molecule has 0 radical (unpaired) electrons. The summed E-state index contributed by atoms with van der Waals surface area (Å²) >= 11 is 1.62. The van der Waals surface area contributed by atoms with Crippen LogP contribution in [0.15, 0.2) is 11.4 Å². The predicted octanol–water partition coefficient (Wildman–Crippen LogP) is 2.30. The van der Waals surface area contributed by atoms with Crippen LogP contribution in [0.4, 0.5) is 5.82 Å². The van der Waals surface area contributed by atoms with Crippen LogP contribution < -0.4 is 10.6 Å². The Kier molecular flexibility index (Phi) is 8.11. The third-order valence-corrected chi connectivity index (χ3v) is 4.31. The third-order valence-electron chi connectivity index (χ3n) is 3.44. The first-order valence-electron chi connectivity index (χ1n) is 9.03.